The number of ether oxygens (including phenoxy) is 2. The standard InChI is InChI=1S/C26H26ClN3O5S2/c1-2-34-25-9-4-3-8-24(25)30(37(32,33)23-12-10-20(27)11-13-23)16-26(31)29-28-15-19-6-5-7-21(14-19)35-22-17-36-18-22/h3-15,22H,2,16-18H2,1H3,(H,29,31)/b28-15-. The Morgan fingerprint density at radius 2 is 1.89 bits per heavy atom. The van der Waals surface area contributed by atoms with Crippen molar-refractivity contribution in [1.29, 1.82) is 0 Å². The SMILES string of the molecule is CCOc1ccccc1N(CC(=O)N/N=C\c1cccc(OC2CSC2)c1)S(=O)(=O)c1ccc(Cl)cc1. The molecule has 8 nitrogen and oxygen atoms in total. The molecule has 0 atom stereocenters. The fraction of sp³-hybridized carbons (Fsp3) is 0.231. The minimum atomic E-state index is -4.13. The molecule has 0 unspecified atom stereocenters. The lowest BCUT2D eigenvalue weighted by molar-refractivity contribution is -0.119. The van der Waals surface area contributed by atoms with E-state index in [-0.39, 0.29) is 16.7 Å². The highest BCUT2D eigenvalue weighted by atomic mass is 35.5. The van der Waals surface area contributed by atoms with Gasteiger partial charge in [0, 0.05) is 16.5 Å². The number of halogens is 1. The Bertz CT molecular complexity index is 1360. The summed E-state index contributed by atoms with van der Waals surface area (Å²) in [6.45, 7) is 1.60. The molecule has 3 aromatic carbocycles. The summed E-state index contributed by atoms with van der Waals surface area (Å²) in [7, 11) is -4.13. The summed E-state index contributed by atoms with van der Waals surface area (Å²) in [5, 5.41) is 4.41. The Balaban J connectivity index is 1.53. The zero-order valence-corrected chi connectivity index (χ0v) is 22.4. The molecule has 194 valence electrons. The van der Waals surface area contributed by atoms with Gasteiger partial charge in [-0.3, -0.25) is 9.10 Å². The second-order valence-electron chi connectivity index (χ2n) is 8.01. The van der Waals surface area contributed by atoms with Crippen LogP contribution in [0.15, 0.2) is 82.8 Å². The largest absolute Gasteiger partial charge is 0.492 e. The molecule has 1 fully saturated rings. The molecule has 37 heavy (non-hydrogen) atoms. The van der Waals surface area contributed by atoms with Crippen LogP contribution in [0, 0.1) is 0 Å². The normalized spacial score (nSPS) is 13.7. The molecule has 0 spiro atoms. The smallest absolute Gasteiger partial charge is 0.264 e. The molecular formula is C26H26ClN3O5S2. The Hall–Kier alpha value is -3.21. The van der Waals surface area contributed by atoms with Crippen LogP contribution in [0.4, 0.5) is 5.69 Å². The lowest BCUT2D eigenvalue weighted by Crippen LogP contribution is -2.39. The van der Waals surface area contributed by atoms with E-state index in [0.717, 1.165) is 27.1 Å². The number of hydrazone groups is 1. The average molecular weight is 560 g/mol. The van der Waals surface area contributed by atoms with Crippen LogP contribution in [-0.4, -0.2) is 51.3 Å². The summed E-state index contributed by atoms with van der Waals surface area (Å²) in [6, 6.07) is 19.7. The van der Waals surface area contributed by atoms with Gasteiger partial charge in [0.2, 0.25) is 0 Å². The molecular weight excluding hydrogens is 534 g/mol. The van der Waals surface area contributed by atoms with Gasteiger partial charge in [0.1, 0.15) is 24.1 Å². The first-order valence-electron chi connectivity index (χ1n) is 11.5. The fourth-order valence-electron chi connectivity index (χ4n) is 3.46. The Morgan fingerprint density at radius 3 is 2.59 bits per heavy atom. The van der Waals surface area contributed by atoms with Crippen molar-refractivity contribution < 1.29 is 22.7 Å². The highest BCUT2D eigenvalue weighted by molar-refractivity contribution is 8.00. The van der Waals surface area contributed by atoms with Crippen molar-refractivity contribution in [2.75, 3.05) is 29.0 Å². The molecule has 0 bridgehead atoms. The molecule has 0 saturated carbocycles. The highest BCUT2D eigenvalue weighted by Crippen LogP contribution is 2.32. The van der Waals surface area contributed by atoms with E-state index in [2.05, 4.69) is 10.5 Å². The number of carbonyl (C=O) groups is 1. The molecule has 0 aliphatic carbocycles. The van der Waals surface area contributed by atoms with Crippen molar-refractivity contribution in [3.05, 3.63) is 83.4 Å². The maximum atomic E-state index is 13.6. The molecule has 1 aliphatic heterocycles. The van der Waals surface area contributed by atoms with Crippen molar-refractivity contribution in [2.45, 2.75) is 17.9 Å². The third-order valence-corrected chi connectivity index (χ3v) is 8.53. The molecule has 1 heterocycles. The number of para-hydroxylation sites is 2. The summed E-state index contributed by atoms with van der Waals surface area (Å²) in [4.78, 5) is 12.8. The van der Waals surface area contributed by atoms with E-state index in [4.69, 9.17) is 21.1 Å². The number of benzene rings is 3. The van der Waals surface area contributed by atoms with E-state index < -0.39 is 22.5 Å². The third-order valence-electron chi connectivity index (χ3n) is 5.29. The molecule has 11 heteroatoms. The molecule has 3 aromatic rings. The van der Waals surface area contributed by atoms with Gasteiger partial charge in [0.15, 0.2) is 0 Å². The first-order valence-corrected chi connectivity index (χ1v) is 14.5. The molecule has 0 aromatic heterocycles. The van der Waals surface area contributed by atoms with Crippen LogP contribution >= 0.6 is 23.4 Å². The monoisotopic (exact) mass is 559 g/mol. The van der Waals surface area contributed by atoms with Gasteiger partial charge in [-0.15, -0.1) is 0 Å². The molecule has 1 aliphatic rings. The number of nitrogens with one attached hydrogen (secondary N) is 1. The fourth-order valence-corrected chi connectivity index (χ4v) is 5.58. The summed E-state index contributed by atoms with van der Waals surface area (Å²) in [5.74, 6) is 2.37. The van der Waals surface area contributed by atoms with E-state index in [1.807, 2.05) is 36.0 Å². The van der Waals surface area contributed by atoms with Gasteiger partial charge in [0.25, 0.3) is 15.9 Å². The van der Waals surface area contributed by atoms with E-state index in [9.17, 15) is 13.2 Å². The summed E-state index contributed by atoms with van der Waals surface area (Å²) in [6.07, 6.45) is 1.69. The van der Waals surface area contributed by atoms with Crippen molar-refractivity contribution >= 4 is 51.2 Å². The van der Waals surface area contributed by atoms with Gasteiger partial charge in [-0.2, -0.15) is 16.9 Å². The maximum absolute atomic E-state index is 13.6. The predicted molar refractivity (Wildman–Crippen MR) is 148 cm³/mol. The van der Waals surface area contributed by atoms with Crippen LogP contribution in [0.25, 0.3) is 0 Å². The number of anilines is 1. The second kappa shape index (κ2) is 12.4. The second-order valence-corrected chi connectivity index (χ2v) is 11.4. The lowest BCUT2D eigenvalue weighted by Gasteiger charge is -2.26. The quantitative estimate of drug-likeness (QED) is 0.273. The van der Waals surface area contributed by atoms with Gasteiger partial charge in [0.05, 0.1) is 23.4 Å². The Kier molecular flexibility index (Phi) is 8.96. The zero-order chi connectivity index (χ0) is 26.3. The molecule has 4 rings (SSSR count). The number of nitrogens with zero attached hydrogens (tertiary/aromatic N) is 2. The van der Waals surface area contributed by atoms with Crippen LogP contribution in [0.5, 0.6) is 11.5 Å². The van der Waals surface area contributed by atoms with Gasteiger partial charge in [-0.05, 0) is 61.0 Å². The lowest BCUT2D eigenvalue weighted by atomic mass is 10.2. The van der Waals surface area contributed by atoms with Gasteiger partial charge >= 0.3 is 0 Å². The average Bonchev–Trinajstić information content (AvgIpc) is 2.86. The van der Waals surface area contributed by atoms with Crippen LogP contribution in [0.3, 0.4) is 0 Å². The Morgan fingerprint density at radius 1 is 1.14 bits per heavy atom. The van der Waals surface area contributed by atoms with Crippen LogP contribution < -0.4 is 19.2 Å². The third kappa shape index (κ3) is 6.97. The molecule has 1 amide bonds. The minimum Gasteiger partial charge on any atom is -0.492 e. The summed E-state index contributed by atoms with van der Waals surface area (Å²) < 4.78 is 39.7. The first kappa shape index (κ1) is 26.8. The number of sulfonamides is 1. The summed E-state index contributed by atoms with van der Waals surface area (Å²) >= 11 is 7.78. The molecule has 0 radical (unpaired) electrons. The van der Waals surface area contributed by atoms with Crippen molar-refractivity contribution in [3.63, 3.8) is 0 Å². The Labute approximate surface area is 225 Å². The topological polar surface area (TPSA) is 97.3 Å². The number of amides is 1. The zero-order valence-electron chi connectivity index (χ0n) is 20.0. The van der Waals surface area contributed by atoms with Gasteiger partial charge in [-0.25, -0.2) is 13.8 Å². The highest BCUT2D eigenvalue weighted by Gasteiger charge is 2.29. The summed E-state index contributed by atoms with van der Waals surface area (Å²) in [5.41, 5.74) is 3.38. The number of thioether (sulfide) groups is 1. The first-order chi connectivity index (χ1) is 17.9. The molecule has 1 N–H and O–H groups in total. The van der Waals surface area contributed by atoms with Crippen molar-refractivity contribution in [3.8, 4) is 11.5 Å². The van der Waals surface area contributed by atoms with E-state index >= 15 is 0 Å². The minimum absolute atomic E-state index is 0.0128. The van der Waals surface area contributed by atoms with Crippen molar-refractivity contribution in [1.82, 2.24) is 5.43 Å². The van der Waals surface area contributed by atoms with Crippen LogP contribution in [0.2, 0.25) is 5.02 Å². The number of rotatable bonds is 11. The molecule has 1 saturated heterocycles. The van der Waals surface area contributed by atoms with Gasteiger partial charge in [-0.1, -0.05) is 35.9 Å². The van der Waals surface area contributed by atoms with E-state index in [1.54, 1.807) is 31.2 Å². The van der Waals surface area contributed by atoms with E-state index in [0.29, 0.717) is 17.4 Å². The van der Waals surface area contributed by atoms with Crippen molar-refractivity contribution in [2.24, 2.45) is 5.10 Å². The van der Waals surface area contributed by atoms with Crippen LogP contribution in [0.1, 0.15) is 12.5 Å². The predicted octanol–water partition coefficient (Wildman–Crippen LogP) is 4.58. The number of hydrogen-bond acceptors (Lipinski definition) is 7. The van der Waals surface area contributed by atoms with Gasteiger partial charge < -0.3 is 9.47 Å². The number of carbonyl (C=O) groups excluding carboxylic acids is 1. The van der Waals surface area contributed by atoms with E-state index in [1.165, 1.54) is 30.5 Å². The van der Waals surface area contributed by atoms with Crippen LogP contribution in [-0.2, 0) is 14.8 Å². The number of hydrogen-bond donors (Lipinski definition) is 1. The maximum Gasteiger partial charge on any atom is 0.264 e.